The fourth-order valence-electron chi connectivity index (χ4n) is 15.4. The van der Waals surface area contributed by atoms with Crippen molar-refractivity contribution >= 4 is 52.5 Å². The van der Waals surface area contributed by atoms with E-state index in [1.165, 1.54) is 0 Å². The third kappa shape index (κ3) is 31.4. The van der Waals surface area contributed by atoms with Crippen LogP contribution in [-0.4, -0.2) is 141 Å². The second-order valence-corrected chi connectivity index (χ2v) is 39.1. The Bertz CT molecular complexity index is 2170. The number of hydrogen-bond acceptors (Lipinski definition) is 17. The molecule has 0 saturated heterocycles. The van der Waals surface area contributed by atoms with Crippen LogP contribution in [0.2, 0.25) is 38.3 Å². The van der Waals surface area contributed by atoms with Crippen LogP contribution < -0.4 is 0 Å². The first-order valence-corrected chi connectivity index (χ1v) is 44.9. The van der Waals surface area contributed by atoms with E-state index in [0.29, 0.717) is 103 Å². The van der Waals surface area contributed by atoms with E-state index in [9.17, 15) is 28.8 Å². The molecule has 6 rings (SSSR count). The predicted octanol–water partition coefficient (Wildman–Crippen LogP) is 17.0. The van der Waals surface area contributed by atoms with Gasteiger partial charge >= 0.3 is 35.8 Å². The van der Waals surface area contributed by atoms with Gasteiger partial charge in [-0.2, -0.15) is 0 Å². The van der Waals surface area contributed by atoms with Gasteiger partial charge in [0.15, 0.2) is 16.6 Å². The van der Waals surface area contributed by atoms with Gasteiger partial charge < -0.3 is 51.5 Å². The van der Waals surface area contributed by atoms with Crippen LogP contribution in [0.5, 0.6) is 0 Å². The van der Waals surface area contributed by atoms with Crippen LogP contribution in [0.25, 0.3) is 0 Å². The Kier molecular flexibility index (Phi) is 38.7. The molecule has 6 saturated carbocycles. The van der Waals surface area contributed by atoms with E-state index < -0.39 is 64.8 Å². The van der Waals surface area contributed by atoms with Gasteiger partial charge in [0.05, 0.1) is 73.1 Å². The molecule has 6 aliphatic carbocycles. The van der Waals surface area contributed by atoms with E-state index in [4.69, 9.17) is 51.5 Å². The van der Waals surface area contributed by atoms with Gasteiger partial charge in [0.2, 0.25) is 0 Å². The van der Waals surface area contributed by atoms with E-state index in [0.717, 1.165) is 167 Å². The third-order valence-corrected chi connectivity index (χ3v) is 28.8. The van der Waals surface area contributed by atoms with Gasteiger partial charge in [-0.15, -0.1) is 26.3 Å². The standard InChI is InChI=1S/C78H130O17Si2/c1-9-13-17-21-49-85-63-37-29-59(30-38-63)73(79)91-67-45-47-71(93-75(81)61-33-41-65(42-34-61)87-51-23-19-15-11-3)69(57-67)77(83)89-53-25-27-55-96(5,6)95-97(7,8)56-28-26-54-90-78(84)70-58-68(92-74(80)60-31-39-64(40-32-60)86-50-22-18-14-10-2)46-48-72(70)94-76(82)62-35-43-66(44-36-62)88-52-24-20-16-12-4/h9-12,59-72H,1-4,13-58H2,5-8H3. The smallest absolute Gasteiger partial charge is 0.312 e. The lowest BCUT2D eigenvalue weighted by Crippen LogP contribution is -2.44. The van der Waals surface area contributed by atoms with Crippen molar-refractivity contribution in [3.8, 4) is 0 Å². The summed E-state index contributed by atoms with van der Waals surface area (Å²) in [5.74, 6) is -4.23. The molecule has 97 heavy (non-hydrogen) atoms. The summed E-state index contributed by atoms with van der Waals surface area (Å²) in [4.78, 5) is 83.0. The van der Waals surface area contributed by atoms with Gasteiger partial charge in [-0.1, -0.05) is 37.1 Å². The minimum atomic E-state index is -2.15. The molecule has 0 amide bonds. The van der Waals surface area contributed by atoms with Crippen LogP contribution in [0.3, 0.4) is 0 Å². The van der Waals surface area contributed by atoms with Crippen molar-refractivity contribution in [3.05, 3.63) is 50.6 Å². The fraction of sp³-hybridized carbons (Fsp3) is 0.821. The van der Waals surface area contributed by atoms with Crippen LogP contribution in [0.1, 0.15) is 244 Å². The normalized spacial score (nSPS) is 27.9. The van der Waals surface area contributed by atoms with E-state index in [1.54, 1.807) is 0 Å². The molecule has 0 bridgehead atoms. The molecule has 0 spiro atoms. The Morgan fingerprint density at radius 3 is 0.845 bits per heavy atom. The highest BCUT2D eigenvalue weighted by atomic mass is 28.4. The largest absolute Gasteiger partial charge is 0.465 e. The lowest BCUT2D eigenvalue weighted by atomic mass is 9.83. The molecule has 0 heterocycles. The summed E-state index contributed by atoms with van der Waals surface area (Å²) < 4.78 is 68.4. The van der Waals surface area contributed by atoms with Crippen molar-refractivity contribution in [2.75, 3.05) is 39.6 Å². The second kappa shape index (κ2) is 45.8. The minimum absolute atomic E-state index is 0.135. The Morgan fingerprint density at radius 1 is 0.309 bits per heavy atom. The van der Waals surface area contributed by atoms with Crippen LogP contribution >= 0.6 is 0 Å². The van der Waals surface area contributed by atoms with Crippen LogP contribution in [0.4, 0.5) is 0 Å². The van der Waals surface area contributed by atoms with Gasteiger partial charge in [0.25, 0.3) is 0 Å². The fourth-order valence-corrected chi connectivity index (χ4v) is 24.4. The van der Waals surface area contributed by atoms with Crippen molar-refractivity contribution in [2.24, 2.45) is 35.5 Å². The molecule has 0 aromatic heterocycles. The lowest BCUT2D eigenvalue weighted by Gasteiger charge is -2.36. The summed E-state index contributed by atoms with van der Waals surface area (Å²) in [6.45, 7) is 27.5. The summed E-state index contributed by atoms with van der Waals surface area (Å²) in [5.41, 5.74) is 0. The molecular weight excluding hydrogens is 1270 g/mol. The van der Waals surface area contributed by atoms with Gasteiger partial charge in [-0.05, 0) is 257 Å². The molecule has 0 radical (unpaired) electrons. The lowest BCUT2D eigenvalue weighted by molar-refractivity contribution is -0.178. The Labute approximate surface area is 586 Å². The van der Waals surface area contributed by atoms with E-state index in [1.807, 2.05) is 24.3 Å². The SMILES string of the molecule is C=CCCCCOC1CCC(C(=O)OC2CCC(OC(=O)C3CCC(OCCCCC=C)CC3)C(C(=O)OCCCC[Si](C)(C)O[Si](C)(C)CCCCOC(=O)C3CC(OC(=O)C4CCC(OCCCCC=C)CC4)CCC3OC(=O)C3CCC(OCCCCC=C)CC3)C2)CC1. The molecule has 6 aliphatic rings. The number of carbonyl (C=O) groups is 6. The Morgan fingerprint density at radius 2 is 0.567 bits per heavy atom. The zero-order valence-corrected chi connectivity index (χ0v) is 62.7. The number of carbonyl (C=O) groups excluding carboxylic acids is 6. The molecule has 0 aromatic rings. The molecule has 552 valence electrons. The molecule has 6 fully saturated rings. The van der Waals surface area contributed by atoms with Gasteiger partial charge in [0.1, 0.15) is 24.4 Å². The molecule has 0 aliphatic heterocycles. The predicted molar refractivity (Wildman–Crippen MR) is 383 cm³/mol. The van der Waals surface area contributed by atoms with Crippen LogP contribution in [0.15, 0.2) is 50.6 Å². The molecule has 17 nitrogen and oxygen atoms in total. The summed E-state index contributed by atoms with van der Waals surface area (Å²) in [6.07, 6.45) is 35.4. The summed E-state index contributed by atoms with van der Waals surface area (Å²) in [6, 6.07) is 1.77. The minimum Gasteiger partial charge on any atom is -0.465 e. The highest BCUT2D eigenvalue weighted by Crippen LogP contribution is 2.39. The van der Waals surface area contributed by atoms with Crippen LogP contribution in [0, 0.1) is 35.5 Å². The molecule has 0 N–H and O–H groups in total. The maximum Gasteiger partial charge on any atom is 0.312 e. The van der Waals surface area contributed by atoms with Crippen LogP contribution in [-0.2, 0) is 80.3 Å². The number of esters is 6. The molecule has 19 heteroatoms. The number of allylic oxidation sites excluding steroid dienone is 4. The zero-order valence-electron chi connectivity index (χ0n) is 60.7. The summed E-state index contributed by atoms with van der Waals surface area (Å²) in [5, 5.41) is 0. The average Bonchev–Trinajstić information content (AvgIpc) is 1.16. The van der Waals surface area contributed by atoms with E-state index >= 15 is 0 Å². The Balaban J connectivity index is 0.936. The quantitative estimate of drug-likeness (QED) is 0.0183. The van der Waals surface area contributed by atoms with E-state index in [2.05, 4.69) is 52.5 Å². The summed E-state index contributed by atoms with van der Waals surface area (Å²) >= 11 is 0. The topological polar surface area (TPSA) is 204 Å². The van der Waals surface area contributed by atoms with E-state index in [-0.39, 0.29) is 98.0 Å². The van der Waals surface area contributed by atoms with Crippen molar-refractivity contribution in [3.63, 3.8) is 0 Å². The molecule has 6 atom stereocenters. The highest BCUT2D eigenvalue weighted by molar-refractivity contribution is 6.84. The monoisotopic (exact) mass is 1390 g/mol. The number of rotatable bonds is 46. The van der Waals surface area contributed by atoms with Crippen molar-refractivity contribution in [1.29, 1.82) is 0 Å². The maximum absolute atomic E-state index is 14.1. The number of hydrogen-bond donors (Lipinski definition) is 0. The van der Waals surface area contributed by atoms with Crippen molar-refractivity contribution < 1.29 is 80.3 Å². The average molecular weight is 1400 g/mol. The Hall–Kier alpha value is -3.99. The van der Waals surface area contributed by atoms with Gasteiger partial charge in [-0.25, -0.2) is 0 Å². The summed E-state index contributed by atoms with van der Waals surface area (Å²) in [7, 11) is -4.30. The zero-order chi connectivity index (χ0) is 69.7. The van der Waals surface area contributed by atoms with Gasteiger partial charge in [-0.3, -0.25) is 28.8 Å². The molecular formula is C78H130O17Si2. The van der Waals surface area contributed by atoms with Gasteiger partial charge in [0, 0.05) is 39.3 Å². The van der Waals surface area contributed by atoms with Crippen molar-refractivity contribution in [2.45, 2.75) is 331 Å². The first kappa shape index (κ1) is 82.0. The first-order valence-electron chi connectivity index (χ1n) is 38.6. The first-order chi connectivity index (χ1) is 46.9. The highest BCUT2D eigenvalue weighted by Gasteiger charge is 2.45. The molecule has 0 aromatic carbocycles. The maximum atomic E-state index is 14.1. The second-order valence-electron chi connectivity index (χ2n) is 30.3. The molecule has 6 unspecified atom stereocenters. The van der Waals surface area contributed by atoms with Crippen molar-refractivity contribution in [1.82, 2.24) is 0 Å². The number of unbranched alkanes of at least 4 members (excludes halogenated alkanes) is 10. The third-order valence-electron chi connectivity index (χ3n) is 21.2. The number of ether oxygens (including phenoxy) is 10.